The maximum Gasteiger partial charge on any atom is 0.225 e. The summed E-state index contributed by atoms with van der Waals surface area (Å²) in [7, 11) is 3.31. The molecule has 1 aromatic heterocycles. The van der Waals surface area contributed by atoms with Gasteiger partial charge in [-0.15, -0.1) is 0 Å². The van der Waals surface area contributed by atoms with Crippen LogP contribution in [0.3, 0.4) is 0 Å². The summed E-state index contributed by atoms with van der Waals surface area (Å²) in [6.45, 7) is 1.90. The summed E-state index contributed by atoms with van der Waals surface area (Å²) in [5, 5.41) is 10.4. The van der Waals surface area contributed by atoms with Crippen LogP contribution in [-0.2, 0) is 18.3 Å². The Hall–Kier alpha value is -2.41. The fraction of sp³-hybridized carbons (Fsp3) is 0.444. The van der Waals surface area contributed by atoms with Gasteiger partial charge in [0.1, 0.15) is 0 Å². The van der Waals surface area contributed by atoms with E-state index in [0.717, 1.165) is 17.7 Å². The molecule has 1 aliphatic rings. The summed E-state index contributed by atoms with van der Waals surface area (Å²) >= 11 is 0. The molecule has 1 fully saturated rings. The number of rotatable bonds is 6. The molecule has 134 valence electrons. The van der Waals surface area contributed by atoms with Crippen LogP contribution in [0.4, 0.5) is 4.39 Å². The Morgan fingerprint density at radius 3 is 3.00 bits per heavy atom. The Kier molecular flexibility index (Phi) is 5.33. The lowest BCUT2D eigenvalue weighted by Crippen LogP contribution is -2.35. The highest BCUT2D eigenvalue weighted by molar-refractivity contribution is 5.80. The second-order valence-corrected chi connectivity index (χ2v) is 6.33. The van der Waals surface area contributed by atoms with Gasteiger partial charge in [0.15, 0.2) is 11.6 Å². The number of nitrogens with one attached hydrogen (secondary N) is 2. The van der Waals surface area contributed by atoms with Gasteiger partial charge in [-0.1, -0.05) is 6.07 Å². The summed E-state index contributed by atoms with van der Waals surface area (Å²) in [5.41, 5.74) is 1.90. The van der Waals surface area contributed by atoms with Crippen LogP contribution >= 0.6 is 0 Å². The van der Waals surface area contributed by atoms with Crippen molar-refractivity contribution in [2.75, 3.05) is 26.7 Å². The Labute approximate surface area is 146 Å². The second-order valence-electron chi connectivity index (χ2n) is 6.33. The van der Waals surface area contributed by atoms with Crippen LogP contribution in [-0.4, -0.2) is 42.4 Å². The van der Waals surface area contributed by atoms with Gasteiger partial charge in [-0.05, 0) is 29.7 Å². The predicted octanol–water partition coefficient (Wildman–Crippen LogP) is 1.23. The highest BCUT2D eigenvalue weighted by atomic mass is 19.1. The van der Waals surface area contributed by atoms with Crippen LogP contribution in [0, 0.1) is 11.7 Å². The minimum absolute atomic E-state index is 0.0211. The Bertz CT molecular complexity index is 746. The molecular formula is C18H23FN4O2. The first-order valence-electron chi connectivity index (χ1n) is 8.38. The molecule has 0 spiro atoms. The third-order valence-electron chi connectivity index (χ3n) is 4.63. The molecule has 7 heteroatoms. The SMILES string of the molecule is COc1ccc(CCNC(=O)[C@H]2CNC[C@@H]2c2cnn(C)c2)cc1F. The molecular weight excluding hydrogens is 323 g/mol. The van der Waals surface area contributed by atoms with Crippen LogP contribution in [0.1, 0.15) is 17.0 Å². The Morgan fingerprint density at radius 2 is 2.32 bits per heavy atom. The number of methoxy groups -OCH3 is 1. The normalized spacial score (nSPS) is 19.8. The van der Waals surface area contributed by atoms with E-state index in [0.29, 0.717) is 19.5 Å². The van der Waals surface area contributed by atoms with Crippen LogP contribution < -0.4 is 15.4 Å². The van der Waals surface area contributed by atoms with Gasteiger partial charge in [-0.25, -0.2) is 4.39 Å². The van der Waals surface area contributed by atoms with E-state index >= 15 is 0 Å². The van der Waals surface area contributed by atoms with Crippen molar-refractivity contribution in [3.8, 4) is 5.75 Å². The molecule has 0 bridgehead atoms. The molecule has 2 N–H and O–H groups in total. The van der Waals surface area contributed by atoms with Crippen molar-refractivity contribution in [1.82, 2.24) is 20.4 Å². The van der Waals surface area contributed by atoms with E-state index in [-0.39, 0.29) is 29.3 Å². The quantitative estimate of drug-likeness (QED) is 0.826. The summed E-state index contributed by atoms with van der Waals surface area (Å²) in [5.74, 6) is -0.121. The molecule has 1 aliphatic heterocycles. The number of hydrogen-bond acceptors (Lipinski definition) is 4. The van der Waals surface area contributed by atoms with Crippen LogP contribution in [0.25, 0.3) is 0 Å². The van der Waals surface area contributed by atoms with E-state index in [9.17, 15) is 9.18 Å². The average molecular weight is 346 g/mol. The van der Waals surface area contributed by atoms with E-state index in [1.54, 1.807) is 10.7 Å². The number of aryl methyl sites for hydroxylation is 1. The molecule has 6 nitrogen and oxygen atoms in total. The number of nitrogens with zero attached hydrogens (tertiary/aromatic N) is 2. The van der Waals surface area contributed by atoms with E-state index in [2.05, 4.69) is 15.7 Å². The van der Waals surface area contributed by atoms with Gasteiger partial charge in [-0.3, -0.25) is 9.48 Å². The van der Waals surface area contributed by atoms with Crippen LogP contribution in [0.2, 0.25) is 0 Å². The molecule has 2 atom stereocenters. The van der Waals surface area contributed by atoms with Crippen molar-refractivity contribution in [2.24, 2.45) is 13.0 Å². The van der Waals surface area contributed by atoms with Crippen molar-refractivity contribution in [1.29, 1.82) is 0 Å². The molecule has 0 saturated carbocycles. The number of carbonyl (C=O) groups is 1. The van der Waals surface area contributed by atoms with Gasteiger partial charge >= 0.3 is 0 Å². The molecule has 1 amide bonds. The summed E-state index contributed by atoms with van der Waals surface area (Å²) in [6, 6.07) is 4.86. The molecule has 0 unspecified atom stereocenters. The van der Waals surface area contributed by atoms with E-state index in [4.69, 9.17) is 4.74 Å². The number of carbonyl (C=O) groups excluding carboxylic acids is 1. The molecule has 2 aromatic rings. The Morgan fingerprint density at radius 1 is 1.48 bits per heavy atom. The van der Waals surface area contributed by atoms with E-state index in [1.807, 2.05) is 25.5 Å². The van der Waals surface area contributed by atoms with Gasteiger partial charge in [0, 0.05) is 38.8 Å². The van der Waals surface area contributed by atoms with Crippen molar-refractivity contribution < 1.29 is 13.9 Å². The fourth-order valence-electron chi connectivity index (χ4n) is 3.26. The van der Waals surface area contributed by atoms with Crippen molar-refractivity contribution in [2.45, 2.75) is 12.3 Å². The number of benzene rings is 1. The smallest absolute Gasteiger partial charge is 0.225 e. The molecule has 0 radical (unpaired) electrons. The zero-order valence-corrected chi connectivity index (χ0v) is 14.5. The minimum Gasteiger partial charge on any atom is -0.494 e. The summed E-state index contributed by atoms with van der Waals surface area (Å²) < 4.78 is 20.4. The van der Waals surface area contributed by atoms with Gasteiger partial charge in [-0.2, -0.15) is 5.10 Å². The zero-order valence-electron chi connectivity index (χ0n) is 14.5. The number of aromatic nitrogens is 2. The number of hydrogen-bond donors (Lipinski definition) is 2. The maximum absolute atomic E-state index is 13.7. The third-order valence-corrected chi connectivity index (χ3v) is 4.63. The molecule has 0 aliphatic carbocycles. The lowest BCUT2D eigenvalue weighted by atomic mass is 9.90. The maximum atomic E-state index is 13.7. The summed E-state index contributed by atoms with van der Waals surface area (Å²) in [6.07, 6.45) is 4.35. The molecule has 1 saturated heterocycles. The van der Waals surface area contributed by atoms with Gasteiger partial charge in [0.05, 0.1) is 19.2 Å². The molecule has 1 aromatic carbocycles. The first-order chi connectivity index (χ1) is 12.1. The number of ether oxygens (including phenoxy) is 1. The second kappa shape index (κ2) is 7.65. The van der Waals surface area contributed by atoms with E-state index in [1.165, 1.54) is 13.2 Å². The largest absolute Gasteiger partial charge is 0.494 e. The van der Waals surface area contributed by atoms with Crippen LogP contribution in [0.15, 0.2) is 30.6 Å². The minimum atomic E-state index is -0.386. The van der Waals surface area contributed by atoms with Crippen molar-refractivity contribution in [3.63, 3.8) is 0 Å². The molecule has 3 rings (SSSR count). The lowest BCUT2D eigenvalue weighted by molar-refractivity contribution is -0.124. The first-order valence-corrected chi connectivity index (χ1v) is 8.38. The standard InChI is InChI=1S/C18H23FN4O2/c1-23-11-13(8-22-23)14-9-20-10-15(14)18(24)21-6-5-12-3-4-17(25-2)16(19)7-12/h3-4,7-8,11,14-15,20H,5-6,9-10H2,1-2H3,(H,21,24)/t14-,15+/m1/s1. The highest BCUT2D eigenvalue weighted by Gasteiger charge is 2.34. The van der Waals surface area contributed by atoms with Crippen molar-refractivity contribution in [3.05, 3.63) is 47.5 Å². The van der Waals surface area contributed by atoms with Gasteiger partial charge in [0.25, 0.3) is 0 Å². The average Bonchev–Trinajstić information content (AvgIpc) is 3.23. The monoisotopic (exact) mass is 346 g/mol. The van der Waals surface area contributed by atoms with Gasteiger partial charge in [0.2, 0.25) is 5.91 Å². The fourth-order valence-corrected chi connectivity index (χ4v) is 3.26. The lowest BCUT2D eigenvalue weighted by Gasteiger charge is -2.17. The number of amides is 1. The zero-order chi connectivity index (χ0) is 17.8. The summed E-state index contributed by atoms with van der Waals surface area (Å²) in [4.78, 5) is 12.5. The molecule has 25 heavy (non-hydrogen) atoms. The molecule has 2 heterocycles. The van der Waals surface area contributed by atoms with Crippen LogP contribution in [0.5, 0.6) is 5.75 Å². The predicted molar refractivity (Wildman–Crippen MR) is 92.0 cm³/mol. The topological polar surface area (TPSA) is 68.2 Å². The van der Waals surface area contributed by atoms with E-state index < -0.39 is 0 Å². The Balaban J connectivity index is 1.54. The third kappa shape index (κ3) is 3.99. The van der Waals surface area contributed by atoms with Gasteiger partial charge < -0.3 is 15.4 Å². The highest BCUT2D eigenvalue weighted by Crippen LogP contribution is 2.27. The number of halogens is 1. The van der Waals surface area contributed by atoms with Crippen molar-refractivity contribution >= 4 is 5.91 Å². The first kappa shape index (κ1) is 17.4.